The summed E-state index contributed by atoms with van der Waals surface area (Å²) in [6.07, 6.45) is -3.53. The van der Waals surface area contributed by atoms with Crippen LogP contribution in [0.3, 0.4) is 0 Å². The second kappa shape index (κ2) is 12.0. The molecule has 2 aliphatic rings. The zero-order valence-electron chi connectivity index (χ0n) is 20.2. The van der Waals surface area contributed by atoms with E-state index in [1.165, 1.54) is 12.1 Å². The van der Waals surface area contributed by atoms with Gasteiger partial charge in [0.15, 0.2) is 0 Å². The summed E-state index contributed by atoms with van der Waals surface area (Å²) in [5.74, 6) is -0.813. The van der Waals surface area contributed by atoms with Crippen molar-refractivity contribution < 1.29 is 31.9 Å². The minimum atomic E-state index is -4.50. The van der Waals surface area contributed by atoms with Crippen LogP contribution in [0.15, 0.2) is 48.5 Å². The van der Waals surface area contributed by atoms with E-state index < -0.39 is 23.7 Å². The standard InChI is InChI=1S/C26H30F4N4O3/c27-20-7-3-17(4-8-20)21-15-22(21)32-10-9-31-16-23(25(36)34-11-13-37-14-12-34)33-24(35)18-1-5-19(6-2-18)26(28,29)30/h1-8,21-23,31-32H,9-16H2,(H,33,35)/t21-,22?,23-/m0/s1. The van der Waals surface area contributed by atoms with E-state index >= 15 is 0 Å². The monoisotopic (exact) mass is 522 g/mol. The summed E-state index contributed by atoms with van der Waals surface area (Å²) in [5, 5.41) is 9.27. The SMILES string of the molecule is O=C(N[C@@H](CNCCNC1C[C@H]1c1ccc(F)cc1)C(=O)N1CCOCC1)c1ccc(C(F)(F)F)cc1. The number of benzene rings is 2. The van der Waals surface area contributed by atoms with E-state index in [1.54, 1.807) is 17.0 Å². The Morgan fingerprint density at radius 2 is 1.68 bits per heavy atom. The molecule has 200 valence electrons. The van der Waals surface area contributed by atoms with E-state index in [0.717, 1.165) is 36.2 Å². The molecule has 1 aliphatic carbocycles. The fourth-order valence-electron chi connectivity index (χ4n) is 4.35. The molecule has 1 saturated carbocycles. The Kier molecular flexibility index (Phi) is 8.78. The number of nitrogens with one attached hydrogen (secondary N) is 3. The van der Waals surface area contributed by atoms with Gasteiger partial charge in [-0.25, -0.2) is 4.39 Å². The highest BCUT2D eigenvalue weighted by atomic mass is 19.4. The summed E-state index contributed by atoms with van der Waals surface area (Å²) in [5.41, 5.74) is 0.278. The predicted octanol–water partition coefficient (Wildman–Crippen LogP) is 2.54. The van der Waals surface area contributed by atoms with Crippen LogP contribution in [0.5, 0.6) is 0 Å². The van der Waals surface area contributed by atoms with E-state index in [0.29, 0.717) is 51.4 Å². The fraction of sp³-hybridized carbons (Fsp3) is 0.462. The maximum atomic E-state index is 13.1. The van der Waals surface area contributed by atoms with E-state index in [4.69, 9.17) is 4.74 Å². The minimum Gasteiger partial charge on any atom is -0.378 e. The molecule has 0 radical (unpaired) electrons. The molecule has 0 spiro atoms. The van der Waals surface area contributed by atoms with Gasteiger partial charge in [0.1, 0.15) is 11.9 Å². The largest absolute Gasteiger partial charge is 0.416 e. The number of amides is 2. The molecule has 0 aromatic heterocycles. The van der Waals surface area contributed by atoms with E-state index in [1.807, 2.05) is 0 Å². The summed E-state index contributed by atoms with van der Waals surface area (Å²) >= 11 is 0. The molecular weight excluding hydrogens is 492 g/mol. The molecule has 1 aliphatic heterocycles. The van der Waals surface area contributed by atoms with Crippen LogP contribution in [-0.2, 0) is 15.7 Å². The highest BCUT2D eigenvalue weighted by molar-refractivity contribution is 5.97. The van der Waals surface area contributed by atoms with Crippen LogP contribution in [-0.4, -0.2) is 74.7 Å². The van der Waals surface area contributed by atoms with Gasteiger partial charge in [-0.15, -0.1) is 0 Å². The van der Waals surface area contributed by atoms with Gasteiger partial charge in [0.2, 0.25) is 5.91 Å². The molecule has 1 unspecified atom stereocenters. The Morgan fingerprint density at radius 3 is 2.32 bits per heavy atom. The maximum absolute atomic E-state index is 13.1. The van der Waals surface area contributed by atoms with Crippen molar-refractivity contribution in [3.05, 3.63) is 71.0 Å². The smallest absolute Gasteiger partial charge is 0.378 e. The maximum Gasteiger partial charge on any atom is 0.416 e. The van der Waals surface area contributed by atoms with Crippen molar-refractivity contribution >= 4 is 11.8 Å². The summed E-state index contributed by atoms with van der Waals surface area (Å²) < 4.78 is 56.9. The predicted molar refractivity (Wildman–Crippen MR) is 129 cm³/mol. The molecule has 1 saturated heterocycles. The molecule has 7 nitrogen and oxygen atoms in total. The molecule has 4 rings (SSSR count). The van der Waals surface area contributed by atoms with Crippen LogP contribution in [0.1, 0.15) is 33.8 Å². The van der Waals surface area contributed by atoms with Crippen LogP contribution >= 0.6 is 0 Å². The third-order valence-electron chi connectivity index (χ3n) is 6.55. The van der Waals surface area contributed by atoms with Gasteiger partial charge in [0, 0.05) is 50.2 Å². The Hall–Kier alpha value is -3.02. The van der Waals surface area contributed by atoms with Crippen molar-refractivity contribution in [2.75, 3.05) is 45.9 Å². The van der Waals surface area contributed by atoms with E-state index in [9.17, 15) is 27.2 Å². The Morgan fingerprint density at radius 1 is 1.00 bits per heavy atom. The molecule has 2 aromatic carbocycles. The lowest BCUT2D eigenvalue weighted by molar-refractivity contribution is -0.138. The second-order valence-electron chi connectivity index (χ2n) is 9.20. The number of carbonyl (C=O) groups excluding carboxylic acids is 2. The molecule has 11 heteroatoms. The van der Waals surface area contributed by atoms with Crippen molar-refractivity contribution in [1.82, 2.24) is 20.9 Å². The molecule has 2 amide bonds. The van der Waals surface area contributed by atoms with Crippen LogP contribution in [0.25, 0.3) is 0 Å². The average Bonchev–Trinajstić information content (AvgIpc) is 3.67. The third-order valence-corrected chi connectivity index (χ3v) is 6.55. The van der Waals surface area contributed by atoms with Gasteiger partial charge < -0.3 is 25.6 Å². The number of halogens is 4. The molecule has 37 heavy (non-hydrogen) atoms. The van der Waals surface area contributed by atoms with Gasteiger partial charge in [0.05, 0.1) is 18.8 Å². The number of rotatable bonds is 10. The van der Waals surface area contributed by atoms with Crippen LogP contribution < -0.4 is 16.0 Å². The molecular formula is C26H30F4N4O3. The number of morpholine rings is 1. The highest BCUT2D eigenvalue weighted by Gasteiger charge is 2.37. The first-order valence-electron chi connectivity index (χ1n) is 12.3. The lowest BCUT2D eigenvalue weighted by atomic mass is 10.1. The lowest BCUT2D eigenvalue weighted by Crippen LogP contribution is -2.55. The van der Waals surface area contributed by atoms with Gasteiger partial charge >= 0.3 is 6.18 Å². The third kappa shape index (κ3) is 7.50. The number of nitrogens with zero attached hydrogens (tertiary/aromatic N) is 1. The Bertz CT molecular complexity index is 1060. The quantitative estimate of drug-likeness (QED) is 0.330. The van der Waals surface area contributed by atoms with Crippen molar-refractivity contribution in [3.8, 4) is 0 Å². The van der Waals surface area contributed by atoms with Gasteiger partial charge in [-0.2, -0.15) is 13.2 Å². The number of hydrogen-bond donors (Lipinski definition) is 3. The van der Waals surface area contributed by atoms with Crippen molar-refractivity contribution in [3.63, 3.8) is 0 Å². The summed E-state index contributed by atoms with van der Waals surface area (Å²) in [6, 6.07) is 9.79. The minimum absolute atomic E-state index is 0.0370. The van der Waals surface area contributed by atoms with Crippen molar-refractivity contribution in [1.29, 1.82) is 0 Å². The van der Waals surface area contributed by atoms with Crippen LogP contribution in [0.4, 0.5) is 17.6 Å². The molecule has 3 N–H and O–H groups in total. The van der Waals surface area contributed by atoms with E-state index in [2.05, 4.69) is 16.0 Å². The van der Waals surface area contributed by atoms with Gasteiger partial charge in [-0.05, 0) is 48.4 Å². The molecule has 3 atom stereocenters. The van der Waals surface area contributed by atoms with Crippen molar-refractivity contribution in [2.45, 2.75) is 30.6 Å². The summed E-state index contributed by atoms with van der Waals surface area (Å²) in [4.78, 5) is 27.4. The van der Waals surface area contributed by atoms with Crippen LogP contribution in [0.2, 0.25) is 0 Å². The van der Waals surface area contributed by atoms with Crippen LogP contribution in [0, 0.1) is 5.82 Å². The van der Waals surface area contributed by atoms with Crippen molar-refractivity contribution in [2.24, 2.45) is 0 Å². The number of carbonyl (C=O) groups is 2. The van der Waals surface area contributed by atoms with Gasteiger partial charge in [0.25, 0.3) is 5.91 Å². The molecule has 2 fully saturated rings. The number of alkyl halides is 3. The van der Waals surface area contributed by atoms with Gasteiger partial charge in [-0.3, -0.25) is 9.59 Å². The zero-order valence-corrected chi connectivity index (χ0v) is 20.2. The summed E-state index contributed by atoms with van der Waals surface area (Å²) in [6.45, 7) is 2.94. The normalized spacial score (nSPS) is 20.4. The fourth-order valence-corrected chi connectivity index (χ4v) is 4.35. The number of ether oxygens (including phenoxy) is 1. The first kappa shape index (κ1) is 27.0. The zero-order chi connectivity index (χ0) is 26.4. The lowest BCUT2D eigenvalue weighted by Gasteiger charge is -2.31. The number of hydrogen-bond acceptors (Lipinski definition) is 5. The first-order valence-corrected chi connectivity index (χ1v) is 12.3. The highest BCUT2D eigenvalue weighted by Crippen LogP contribution is 2.40. The Labute approximate surface area is 212 Å². The molecule has 0 bridgehead atoms. The average molecular weight is 523 g/mol. The van der Waals surface area contributed by atoms with E-state index in [-0.39, 0.29) is 23.8 Å². The van der Waals surface area contributed by atoms with Gasteiger partial charge in [-0.1, -0.05) is 12.1 Å². The second-order valence-corrected chi connectivity index (χ2v) is 9.20. The molecule has 1 heterocycles. The Balaban J connectivity index is 1.28. The topological polar surface area (TPSA) is 82.7 Å². The molecule has 2 aromatic rings. The summed E-state index contributed by atoms with van der Waals surface area (Å²) in [7, 11) is 0. The first-order chi connectivity index (χ1) is 17.7.